The molecule has 2 aromatic heterocycles. The summed E-state index contributed by atoms with van der Waals surface area (Å²) >= 11 is 1.56. The molecule has 2 aromatic rings. The van der Waals surface area contributed by atoms with Crippen molar-refractivity contribution in [2.45, 2.75) is 25.7 Å². The molecule has 5 nitrogen and oxygen atoms in total. The summed E-state index contributed by atoms with van der Waals surface area (Å²) in [6, 6.07) is 0. The lowest BCUT2D eigenvalue weighted by Crippen LogP contribution is -2.31. The summed E-state index contributed by atoms with van der Waals surface area (Å²) in [6.07, 6.45) is 7.15. The maximum Gasteiger partial charge on any atom is 0.226 e. The predicted octanol–water partition coefficient (Wildman–Crippen LogP) is 1.22. The molecule has 1 saturated carbocycles. The van der Waals surface area contributed by atoms with Gasteiger partial charge >= 0.3 is 0 Å². The highest BCUT2D eigenvalue weighted by Crippen LogP contribution is 2.47. The highest BCUT2D eigenvalue weighted by molar-refractivity contribution is 7.15. The average molecular weight is 279 g/mol. The van der Waals surface area contributed by atoms with Crippen LogP contribution in [0.1, 0.15) is 25.0 Å². The van der Waals surface area contributed by atoms with E-state index in [1.54, 1.807) is 11.3 Å². The smallest absolute Gasteiger partial charge is 0.226 e. The number of fused-ring (bicyclic) bond motifs is 1. The number of aliphatic hydroxyl groups is 1. The molecule has 1 fully saturated rings. The lowest BCUT2D eigenvalue weighted by Gasteiger charge is -2.14. The molecule has 1 aliphatic rings. The van der Waals surface area contributed by atoms with Gasteiger partial charge in [-0.3, -0.25) is 9.20 Å². The number of nitrogens with one attached hydrogen (secondary N) is 1. The van der Waals surface area contributed by atoms with E-state index >= 15 is 0 Å². The number of aromatic nitrogens is 2. The second-order valence-corrected chi connectivity index (χ2v) is 6.13. The van der Waals surface area contributed by atoms with E-state index in [0.29, 0.717) is 13.0 Å². The Kier molecular flexibility index (Phi) is 3.28. The van der Waals surface area contributed by atoms with Crippen molar-refractivity contribution in [3.05, 3.63) is 23.5 Å². The highest BCUT2D eigenvalue weighted by atomic mass is 32.1. The second kappa shape index (κ2) is 4.94. The molecule has 102 valence electrons. The van der Waals surface area contributed by atoms with Crippen LogP contribution in [0.15, 0.2) is 17.8 Å². The third-order valence-electron chi connectivity index (χ3n) is 3.74. The van der Waals surface area contributed by atoms with E-state index in [4.69, 9.17) is 5.11 Å². The number of rotatable bonds is 6. The predicted molar refractivity (Wildman–Crippen MR) is 73.2 cm³/mol. The van der Waals surface area contributed by atoms with Gasteiger partial charge < -0.3 is 10.4 Å². The number of hydrogen-bond acceptors (Lipinski definition) is 4. The second-order valence-electron chi connectivity index (χ2n) is 5.25. The minimum Gasteiger partial charge on any atom is -0.396 e. The van der Waals surface area contributed by atoms with Gasteiger partial charge in [0.15, 0.2) is 4.96 Å². The van der Waals surface area contributed by atoms with Crippen molar-refractivity contribution in [2.75, 3.05) is 13.2 Å². The quantitative estimate of drug-likeness (QED) is 0.835. The first-order chi connectivity index (χ1) is 9.21. The number of imidazole rings is 1. The van der Waals surface area contributed by atoms with E-state index in [1.807, 2.05) is 22.2 Å². The molecule has 1 aliphatic carbocycles. The number of aliphatic hydroxyl groups excluding tert-OH is 1. The number of amides is 1. The number of hydrogen-bond donors (Lipinski definition) is 2. The van der Waals surface area contributed by atoms with Crippen LogP contribution in [0.5, 0.6) is 0 Å². The van der Waals surface area contributed by atoms with Gasteiger partial charge in [0.05, 0.1) is 12.1 Å². The Balaban J connectivity index is 1.52. The molecule has 0 aromatic carbocycles. The molecule has 2 N–H and O–H groups in total. The zero-order valence-corrected chi connectivity index (χ0v) is 11.4. The number of nitrogens with zero attached hydrogens (tertiary/aromatic N) is 2. The summed E-state index contributed by atoms with van der Waals surface area (Å²) in [6.45, 7) is 0.877. The molecule has 0 unspecified atom stereocenters. The third kappa shape index (κ3) is 2.79. The maximum absolute atomic E-state index is 11.9. The fraction of sp³-hybridized carbons (Fsp3) is 0.538. The van der Waals surface area contributed by atoms with Gasteiger partial charge in [-0.25, -0.2) is 4.98 Å². The Labute approximate surface area is 115 Å². The molecule has 0 bridgehead atoms. The zero-order chi connectivity index (χ0) is 13.3. The fourth-order valence-electron chi connectivity index (χ4n) is 2.30. The van der Waals surface area contributed by atoms with Crippen molar-refractivity contribution < 1.29 is 9.90 Å². The van der Waals surface area contributed by atoms with Crippen molar-refractivity contribution in [1.29, 1.82) is 0 Å². The summed E-state index contributed by atoms with van der Waals surface area (Å²) in [5.74, 6) is 0.00923. The van der Waals surface area contributed by atoms with Gasteiger partial charge in [-0.2, -0.15) is 0 Å². The number of thiazole rings is 1. The van der Waals surface area contributed by atoms with Gasteiger partial charge in [-0.05, 0) is 24.7 Å². The molecule has 1 amide bonds. The van der Waals surface area contributed by atoms with Gasteiger partial charge in [-0.15, -0.1) is 11.3 Å². The van der Waals surface area contributed by atoms with E-state index < -0.39 is 0 Å². The van der Waals surface area contributed by atoms with Gasteiger partial charge in [0.25, 0.3) is 0 Å². The summed E-state index contributed by atoms with van der Waals surface area (Å²) in [5, 5.41) is 13.9. The van der Waals surface area contributed by atoms with E-state index in [1.165, 1.54) is 0 Å². The summed E-state index contributed by atoms with van der Waals surface area (Å²) in [7, 11) is 0. The number of carbonyl (C=O) groups excluding carboxylic acids is 1. The standard InChI is InChI=1S/C13H17N3O2S/c17-5-3-13(1-2-13)9-14-11(18)7-10-8-16-4-6-19-12(16)15-10/h4,6,8,17H,1-3,5,7,9H2,(H,14,18). The highest BCUT2D eigenvalue weighted by Gasteiger charge is 2.41. The van der Waals surface area contributed by atoms with E-state index in [2.05, 4.69) is 10.3 Å². The Bertz CT molecular complexity index is 557. The van der Waals surface area contributed by atoms with Crippen LogP contribution in [0.25, 0.3) is 4.96 Å². The molecule has 0 radical (unpaired) electrons. The van der Waals surface area contributed by atoms with E-state index in [-0.39, 0.29) is 17.9 Å². The van der Waals surface area contributed by atoms with Crippen LogP contribution in [0.3, 0.4) is 0 Å². The van der Waals surface area contributed by atoms with Crippen LogP contribution in [-0.4, -0.2) is 33.6 Å². The summed E-state index contributed by atoms with van der Waals surface area (Å²) < 4.78 is 1.93. The Morgan fingerprint density at radius 3 is 3.11 bits per heavy atom. The van der Waals surface area contributed by atoms with Crippen LogP contribution < -0.4 is 5.32 Å². The van der Waals surface area contributed by atoms with Crippen molar-refractivity contribution in [3.8, 4) is 0 Å². The Morgan fingerprint density at radius 1 is 1.58 bits per heavy atom. The number of carbonyl (C=O) groups is 1. The normalized spacial score (nSPS) is 16.7. The Hall–Kier alpha value is -1.40. The molecule has 0 atom stereocenters. The van der Waals surface area contributed by atoms with Crippen molar-refractivity contribution in [1.82, 2.24) is 14.7 Å². The van der Waals surface area contributed by atoms with Crippen LogP contribution in [-0.2, 0) is 11.2 Å². The van der Waals surface area contributed by atoms with Gasteiger partial charge in [0, 0.05) is 30.9 Å². The lowest BCUT2D eigenvalue weighted by atomic mass is 10.0. The van der Waals surface area contributed by atoms with Gasteiger partial charge in [0.1, 0.15) is 0 Å². The fourth-order valence-corrected chi connectivity index (χ4v) is 3.02. The third-order valence-corrected chi connectivity index (χ3v) is 4.52. The minimum atomic E-state index is 0.00923. The van der Waals surface area contributed by atoms with Crippen molar-refractivity contribution in [3.63, 3.8) is 0 Å². The molecule has 19 heavy (non-hydrogen) atoms. The maximum atomic E-state index is 11.9. The van der Waals surface area contributed by atoms with Crippen LogP contribution in [0.2, 0.25) is 0 Å². The zero-order valence-electron chi connectivity index (χ0n) is 10.6. The summed E-state index contributed by atoms with van der Waals surface area (Å²) in [4.78, 5) is 17.2. The monoisotopic (exact) mass is 279 g/mol. The van der Waals surface area contributed by atoms with Crippen molar-refractivity contribution >= 4 is 22.2 Å². The molecule has 0 aliphatic heterocycles. The molecular weight excluding hydrogens is 262 g/mol. The molecule has 2 heterocycles. The van der Waals surface area contributed by atoms with E-state index in [0.717, 1.165) is 29.9 Å². The first-order valence-corrected chi connectivity index (χ1v) is 7.37. The van der Waals surface area contributed by atoms with Crippen LogP contribution in [0.4, 0.5) is 0 Å². The average Bonchev–Trinajstić information content (AvgIpc) is 2.82. The lowest BCUT2D eigenvalue weighted by molar-refractivity contribution is -0.120. The first kappa shape index (κ1) is 12.6. The van der Waals surface area contributed by atoms with Gasteiger partial charge in [-0.1, -0.05) is 0 Å². The molecule has 0 spiro atoms. The Morgan fingerprint density at radius 2 is 2.42 bits per heavy atom. The minimum absolute atomic E-state index is 0.00923. The molecule has 0 saturated heterocycles. The van der Waals surface area contributed by atoms with E-state index in [9.17, 15) is 4.79 Å². The van der Waals surface area contributed by atoms with Crippen molar-refractivity contribution in [2.24, 2.45) is 5.41 Å². The van der Waals surface area contributed by atoms with Gasteiger partial charge in [0.2, 0.25) is 5.91 Å². The van der Waals surface area contributed by atoms with Crippen LogP contribution in [0, 0.1) is 5.41 Å². The van der Waals surface area contributed by atoms with Crippen LogP contribution >= 0.6 is 11.3 Å². The SMILES string of the molecule is O=C(Cc1cn2ccsc2n1)NCC1(CCO)CC1. The molecule has 3 rings (SSSR count). The molecule has 6 heteroatoms. The largest absolute Gasteiger partial charge is 0.396 e. The first-order valence-electron chi connectivity index (χ1n) is 6.49. The summed E-state index contributed by atoms with van der Waals surface area (Å²) in [5.41, 5.74) is 0.968. The molecular formula is C13H17N3O2S. The topological polar surface area (TPSA) is 66.6 Å².